The Hall–Kier alpha value is -1.91. The molecule has 0 fully saturated rings. The minimum atomic E-state index is -0.593. The second-order valence-corrected chi connectivity index (χ2v) is 4.31. The lowest BCUT2D eigenvalue weighted by atomic mass is 10.1. The highest BCUT2D eigenvalue weighted by Gasteiger charge is 2.17. The van der Waals surface area contributed by atoms with Gasteiger partial charge in [-0.1, -0.05) is 0 Å². The number of carbonyl (C=O) groups is 1. The van der Waals surface area contributed by atoms with Gasteiger partial charge in [0.05, 0.1) is 10.5 Å². The molecular formula is C11H13NO4. The van der Waals surface area contributed by atoms with Crippen LogP contribution in [0.15, 0.2) is 18.2 Å². The van der Waals surface area contributed by atoms with E-state index >= 15 is 0 Å². The van der Waals surface area contributed by atoms with Gasteiger partial charge in [0, 0.05) is 6.07 Å². The minimum absolute atomic E-state index is 0.0201. The third-order valence-corrected chi connectivity index (χ3v) is 1.75. The number of carbonyl (C=O) groups excluding carboxylic acids is 1. The van der Waals surface area contributed by atoms with Crippen molar-refractivity contribution in [3.63, 3.8) is 0 Å². The molecule has 1 aromatic carbocycles. The zero-order valence-corrected chi connectivity index (χ0v) is 9.39. The maximum atomic E-state index is 10.7. The Morgan fingerprint density at radius 2 is 2.00 bits per heavy atom. The molecule has 1 rings (SSSR count). The zero-order valence-electron chi connectivity index (χ0n) is 9.39. The summed E-state index contributed by atoms with van der Waals surface area (Å²) >= 11 is 0. The molecule has 0 N–H and O–H groups in total. The van der Waals surface area contributed by atoms with Crippen LogP contribution in [0.5, 0.6) is 5.75 Å². The quantitative estimate of drug-likeness (QED) is 0.448. The van der Waals surface area contributed by atoms with Crippen molar-refractivity contribution in [1.29, 1.82) is 0 Å². The van der Waals surface area contributed by atoms with E-state index in [0.29, 0.717) is 12.0 Å². The predicted octanol–water partition coefficient (Wildman–Crippen LogP) is 2.58. The monoisotopic (exact) mass is 223 g/mol. The van der Waals surface area contributed by atoms with Crippen LogP contribution in [0.25, 0.3) is 0 Å². The molecule has 0 saturated heterocycles. The molecule has 5 nitrogen and oxygen atoms in total. The summed E-state index contributed by atoms with van der Waals surface area (Å²) in [5.41, 5.74) is -0.598. The number of ether oxygens (including phenoxy) is 1. The van der Waals surface area contributed by atoms with Crippen LogP contribution >= 0.6 is 0 Å². The fourth-order valence-electron chi connectivity index (χ4n) is 1.21. The number of aldehydes is 1. The van der Waals surface area contributed by atoms with Gasteiger partial charge in [0.15, 0.2) is 6.29 Å². The van der Waals surface area contributed by atoms with E-state index in [-0.39, 0.29) is 11.3 Å². The summed E-state index contributed by atoms with van der Waals surface area (Å²) in [4.78, 5) is 20.7. The predicted molar refractivity (Wildman–Crippen MR) is 58.9 cm³/mol. The lowest BCUT2D eigenvalue weighted by molar-refractivity contribution is -0.385. The van der Waals surface area contributed by atoms with Crippen molar-refractivity contribution in [2.24, 2.45) is 0 Å². The SMILES string of the molecule is CC(C)(C)Oc1ccc([N+](=O)[O-])c(C=O)c1. The fourth-order valence-corrected chi connectivity index (χ4v) is 1.21. The molecule has 1 aromatic rings. The summed E-state index contributed by atoms with van der Waals surface area (Å²) in [6.45, 7) is 5.57. The number of hydrogen-bond acceptors (Lipinski definition) is 4. The average Bonchev–Trinajstić information content (AvgIpc) is 2.14. The van der Waals surface area contributed by atoms with Crippen LogP contribution in [0.4, 0.5) is 5.69 Å². The van der Waals surface area contributed by atoms with Gasteiger partial charge in [-0.25, -0.2) is 0 Å². The Kier molecular flexibility index (Phi) is 3.27. The van der Waals surface area contributed by atoms with Crippen LogP contribution < -0.4 is 4.74 Å². The Labute approximate surface area is 93.2 Å². The van der Waals surface area contributed by atoms with Gasteiger partial charge in [-0.2, -0.15) is 0 Å². The van der Waals surface area contributed by atoms with E-state index in [1.807, 2.05) is 20.8 Å². The van der Waals surface area contributed by atoms with E-state index in [2.05, 4.69) is 0 Å². The van der Waals surface area contributed by atoms with Crippen molar-refractivity contribution in [3.05, 3.63) is 33.9 Å². The van der Waals surface area contributed by atoms with Gasteiger partial charge in [-0.3, -0.25) is 14.9 Å². The molecule has 0 unspecified atom stereocenters. The number of nitro groups is 1. The molecule has 5 heteroatoms. The van der Waals surface area contributed by atoms with Crippen LogP contribution in [-0.2, 0) is 0 Å². The first-order valence-electron chi connectivity index (χ1n) is 4.76. The number of rotatable bonds is 3. The van der Waals surface area contributed by atoms with E-state index in [1.54, 1.807) is 0 Å². The van der Waals surface area contributed by atoms with Crippen LogP contribution in [0, 0.1) is 10.1 Å². The standard InChI is InChI=1S/C11H13NO4/c1-11(2,3)16-9-4-5-10(12(14)15)8(6-9)7-13/h4-7H,1-3H3. The third-order valence-electron chi connectivity index (χ3n) is 1.75. The van der Waals surface area contributed by atoms with Gasteiger partial charge >= 0.3 is 0 Å². The molecule has 0 atom stereocenters. The smallest absolute Gasteiger partial charge is 0.280 e. The molecule has 0 amide bonds. The molecule has 0 aliphatic heterocycles. The molecule has 0 radical (unpaired) electrons. The van der Waals surface area contributed by atoms with Gasteiger partial charge in [-0.05, 0) is 32.9 Å². The number of nitro benzene ring substituents is 1. The number of hydrogen-bond donors (Lipinski definition) is 0. The van der Waals surface area contributed by atoms with Crippen LogP contribution in [0.3, 0.4) is 0 Å². The second-order valence-electron chi connectivity index (χ2n) is 4.31. The van der Waals surface area contributed by atoms with Gasteiger partial charge < -0.3 is 4.74 Å². The first kappa shape index (κ1) is 12.2. The van der Waals surface area contributed by atoms with E-state index in [9.17, 15) is 14.9 Å². The molecule has 0 bridgehead atoms. The highest BCUT2D eigenvalue weighted by molar-refractivity contribution is 5.82. The molecule has 0 saturated carbocycles. The number of benzene rings is 1. The van der Waals surface area contributed by atoms with Crippen LogP contribution in [0.2, 0.25) is 0 Å². The second kappa shape index (κ2) is 4.30. The van der Waals surface area contributed by atoms with Gasteiger partial charge in [0.1, 0.15) is 11.4 Å². The Morgan fingerprint density at radius 1 is 1.38 bits per heavy atom. The molecule has 0 aliphatic rings. The summed E-state index contributed by atoms with van der Waals surface area (Å²) in [5, 5.41) is 10.6. The fraction of sp³-hybridized carbons (Fsp3) is 0.364. The first-order chi connectivity index (χ1) is 7.33. The summed E-state index contributed by atoms with van der Waals surface area (Å²) in [5.74, 6) is 0.445. The lowest BCUT2D eigenvalue weighted by Gasteiger charge is -2.21. The maximum absolute atomic E-state index is 10.7. The highest BCUT2D eigenvalue weighted by atomic mass is 16.6. The van der Waals surface area contributed by atoms with Crippen molar-refractivity contribution in [3.8, 4) is 5.75 Å². The van der Waals surface area contributed by atoms with Gasteiger partial charge in [0.25, 0.3) is 5.69 Å². The van der Waals surface area contributed by atoms with Crippen molar-refractivity contribution in [2.75, 3.05) is 0 Å². The normalized spacial score (nSPS) is 10.9. The third kappa shape index (κ3) is 3.05. The topological polar surface area (TPSA) is 69.4 Å². The van der Waals surface area contributed by atoms with E-state index in [0.717, 1.165) is 0 Å². The summed E-state index contributed by atoms with van der Waals surface area (Å²) < 4.78 is 5.50. The lowest BCUT2D eigenvalue weighted by Crippen LogP contribution is -2.23. The van der Waals surface area contributed by atoms with E-state index < -0.39 is 10.5 Å². The zero-order chi connectivity index (χ0) is 12.3. The molecule has 0 aliphatic carbocycles. The summed E-state index contributed by atoms with van der Waals surface area (Å²) in [7, 11) is 0. The van der Waals surface area contributed by atoms with E-state index in [4.69, 9.17) is 4.74 Å². The molecule has 0 heterocycles. The number of nitrogens with zero attached hydrogens (tertiary/aromatic N) is 1. The van der Waals surface area contributed by atoms with Crippen molar-refractivity contribution >= 4 is 12.0 Å². The van der Waals surface area contributed by atoms with Crippen molar-refractivity contribution < 1.29 is 14.5 Å². The van der Waals surface area contributed by atoms with Crippen LogP contribution in [0.1, 0.15) is 31.1 Å². The Bertz CT molecular complexity index is 420. The van der Waals surface area contributed by atoms with Crippen LogP contribution in [-0.4, -0.2) is 16.8 Å². The molecular weight excluding hydrogens is 210 g/mol. The van der Waals surface area contributed by atoms with E-state index in [1.165, 1.54) is 18.2 Å². The molecule has 16 heavy (non-hydrogen) atoms. The van der Waals surface area contributed by atoms with Crippen molar-refractivity contribution in [2.45, 2.75) is 26.4 Å². The molecule has 0 aromatic heterocycles. The van der Waals surface area contributed by atoms with Gasteiger partial charge in [0.2, 0.25) is 0 Å². The summed E-state index contributed by atoms with van der Waals surface area (Å²) in [6, 6.07) is 4.12. The first-order valence-corrected chi connectivity index (χ1v) is 4.76. The van der Waals surface area contributed by atoms with Gasteiger partial charge in [-0.15, -0.1) is 0 Å². The minimum Gasteiger partial charge on any atom is -0.488 e. The molecule has 0 spiro atoms. The maximum Gasteiger partial charge on any atom is 0.280 e. The largest absolute Gasteiger partial charge is 0.488 e. The average molecular weight is 223 g/mol. The highest BCUT2D eigenvalue weighted by Crippen LogP contribution is 2.25. The Balaban J connectivity index is 3.09. The summed E-state index contributed by atoms with van der Waals surface area (Å²) in [6.07, 6.45) is 0.452. The molecule has 86 valence electrons. The Morgan fingerprint density at radius 3 is 2.44 bits per heavy atom. The van der Waals surface area contributed by atoms with Crippen molar-refractivity contribution in [1.82, 2.24) is 0 Å².